The molecule has 3 aromatic rings. The molecular weight excluding hydrogens is 316 g/mol. The number of hydrogen-bond acceptors (Lipinski definition) is 3. The van der Waals surface area contributed by atoms with Crippen LogP contribution in [0.2, 0.25) is 0 Å². The first-order chi connectivity index (χ1) is 12.1. The predicted octanol–water partition coefficient (Wildman–Crippen LogP) is 3.77. The van der Waals surface area contributed by atoms with E-state index in [1.807, 2.05) is 50.2 Å². The van der Waals surface area contributed by atoms with Crippen molar-refractivity contribution in [3.05, 3.63) is 53.9 Å². The molecule has 0 unspecified atom stereocenters. The fraction of sp³-hybridized carbons (Fsp3) is 0.263. The molecule has 0 atom stereocenters. The van der Waals surface area contributed by atoms with Crippen molar-refractivity contribution < 1.29 is 9.53 Å². The molecule has 130 valence electrons. The minimum absolute atomic E-state index is 0.231. The summed E-state index contributed by atoms with van der Waals surface area (Å²) in [5, 5.41) is 5.64. The normalized spacial score (nSPS) is 10.6. The number of nitrogens with one attached hydrogen (secondary N) is 3. The number of rotatable bonds is 6. The Balaban J connectivity index is 1.40. The van der Waals surface area contributed by atoms with E-state index < -0.39 is 0 Å². The van der Waals surface area contributed by atoms with Crippen molar-refractivity contribution in [2.45, 2.75) is 20.3 Å². The Morgan fingerprint density at radius 3 is 2.80 bits per heavy atom. The largest absolute Gasteiger partial charge is 0.493 e. The highest BCUT2D eigenvalue weighted by Gasteiger charge is 2.05. The number of imidazole rings is 1. The van der Waals surface area contributed by atoms with Gasteiger partial charge in [-0.1, -0.05) is 18.2 Å². The lowest BCUT2D eigenvalue weighted by molar-refractivity contribution is 0.250. The average molecular weight is 338 g/mol. The van der Waals surface area contributed by atoms with E-state index in [0.29, 0.717) is 13.2 Å². The number of H-pyrrole nitrogens is 1. The number of benzene rings is 2. The van der Waals surface area contributed by atoms with Gasteiger partial charge in [0.2, 0.25) is 0 Å². The molecule has 0 aliphatic heterocycles. The Labute approximate surface area is 146 Å². The number of urea groups is 1. The summed E-state index contributed by atoms with van der Waals surface area (Å²) in [7, 11) is 0. The maximum absolute atomic E-state index is 11.9. The summed E-state index contributed by atoms with van der Waals surface area (Å²) in [5.41, 5.74) is 4.73. The van der Waals surface area contributed by atoms with Gasteiger partial charge in [-0.05, 0) is 49.6 Å². The number of fused-ring (bicyclic) bond motifs is 1. The third kappa shape index (κ3) is 4.29. The number of para-hydroxylation sites is 1. The summed E-state index contributed by atoms with van der Waals surface area (Å²) < 4.78 is 5.82. The highest BCUT2D eigenvalue weighted by Crippen LogP contribution is 2.22. The second-order valence-electron chi connectivity index (χ2n) is 5.94. The highest BCUT2D eigenvalue weighted by atomic mass is 16.5. The Kier molecular flexibility index (Phi) is 5.18. The molecular formula is C19H22N4O2. The van der Waals surface area contributed by atoms with Crippen molar-refractivity contribution in [2.75, 3.05) is 18.5 Å². The minimum atomic E-state index is -0.231. The molecule has 2 amide bonds. The van der Waals surface area contributed by atoms with Crippen molar-refractivity contribution in [2.24, 2.45) is 0 Å². The van der Waals surface area contributed by atoms with Crippen LogP contribution in [0, 0.1) is 13.8 Å². The zero-order chi connectivity index (χ0) is 17.6. The van der Waals surface area contributed by atoms with Crippen molar-refractivity contribution in [3.8, 4) is 5.75 Å². The molecule has 0 aliphatic carbocycles. The molecule has 1 heterocycles. The number of aromatic amines is 1. The molecule has 0 aliphatic rings. The average Bonchev–Trinajstić information content (AvgIpc) is 3.04. The molecule has 6 nitrogen and oxygen atoms in total. The van der Waals surface area contributed by atoms with Gasteiger partial charge in [0.15, 0.2) is 0 Å². The van der Waals surface area contributed by atoms with E-state index in [0.717, 1.165) is 40.0 Å². The molecule has 1 aromatic heterocycles. The number of aromatic nitrogens is 2. The molecule has 0 radical (unpaired) electrons. The fourth-order valence-electron chi connectivity index (χ4n) is 2.66. The van der Waals surface area contributed by atoms with Crippen LogP contribution in [0.5, 0.6) is 5.75 Å². The third-order valence-corrected chi connectivity index (χ3v) is 3.94. The summed E-state index contributed by atoms with van der Waals surface area (Å²) >= 11 is 0. The molecule has 0 bridgehead atoms. The molecule has 0 saturated carbocycles. The quantitative estimate of drug-likeness (QED) is 0.599. The first-order valence-corrected chi connectivity index (χ1v) is 8.30. The lowest BCUT2D eigenvalue weighted by Gasteiger charge is -2.12. The van der Waals surface area contributed by atoms with Crippen LogP contribution in [0.4, 0.5) is 10.5 Å². The van der Waals surface area contributed by atoms with Crippen LogP contribution in [0.15, 0.2) is 42.7 Å². The number of anilines is 1. The molecule has 6 heteroatoms. The van der Waals surface area contributed by atoms with E-state index in [4.69, 9.17) is 4.74 Å². The predicted molar refractivity (Wildman–Crippen MR) is 99.1 cm³/mol. The smallest absolute Gasteiger partial charge is 0.319 e. The van der Waals surface area contributed by atoms with E-state index >= 15 is 0 Å². The monoisotopic (exact) mass is 338 g/mol. The van der Waals surface area contributed by atoms with E-state index in [1.165, 1.54) is 0 Å². The number of hydrogen-bond donors (Lipinski definition) is 3. The van der Waals surface area contributed by atoms with Crippen molar-refractivity contribution >= 4 is 22.8 Å². The molecule has 0 spiro atoms. The van der Waals surface area contributed by atoms with Gasteiger partial charge in [0.25, 0.3) is 0 Å². The van der Waals surface area contributed by atoms with Gasteiger partial charge in [-0.3, -0.25) is 0 Å². The summed E-state index contributed by atoms with van der Waals surface area (Å²) in [4.78, 5) is 19.1. The second kappa shape index (κ2) is 7.70. The number of carbonyl (C=O) groups is 1. The molecule has 2 aromatic carbocycles. The summed E-state index contributed by atoms with van der Waals surface area (Å²) in [6.45, 7) is 5.17. The topological polar surface area (TPSA) is 79.0 Å². The van der Waals surface area contributed by atoms with E-state index in [-0.39, 0.29) is 6.03 Å². The Morgan fingerprint density at radius 1 is 1.20 bits per heavy atom. The van der Waals surface area contributed by atoms with Gasteiger partial charge in [-0.15, -0.1) is 0 Å². The molecule has 3 rings (SSSR count). The van der Waals surface area contributed by atoms with Gasteiger partial charge in [0, 0.05) is 12.2 Å². The standard InChI is InChI=1S/C19H22N4O2/c1-13-5-3-6-14(2)18(13)25-10-4-9-20-19(24)23-15-7-8-16-17(11-15)22-12-21-16/h3,5-8,11-12H,4,9-10H2,1-2H3,(H,21,22)(H2,20,23,24). The number of carbonyl (C=O) groups excluding carboxylic acids is 1. The Bertz CT molecular complexity index is 852. The van der Waals surface area contributed by atoms with Crippen molar-refractivity contribution in [3.63, 3.8) is 0 Å². The van der Waals surface area contributed by atoms with Crippen LogP contribution in [0.25, 0.3) is 11.0 Å². The van der Waals surface area contributed by atoms with Crippen molar-refractivity contribution in [1.82, 2.24) is 15.3 Å². The van der Waals surface area contributed by atoms with Crippen LogP contribution in [0.3, 0.4) is 0 Å². The Hall–Kier alpha value is -3.02. The lowest BCUT2D eigenvalue weighted by atomic mass is 10.1. The SMILES string of the molecule is Cc1cccc(C)c1OCCCNC(=O)Nc1ccc2nc[nH]c2c1. The van der Waals surface area contributed by atoms with E-state index in [1.54, 1.807) is 6.33 Å². The fourth-order valence-corrected chi connectivity index (χ4v) is 2.66. The molecule has 25 heavy (non-hydrogen) atoms. The maximum atomic E-state index is 11.9. The zero-order valence-corrected chi connectivity index (χ0v) is 14.4. The van der Waals surface area contributed by atoms with Crippen LogP contribution in [0.1, 0.15) is 17.5 Å². The number of aryl methyl sites for hydroxylation is 2. The summed E-state index contributed by atoms with van der Waals surface area (Å²) in [6.07, 6.45) is 2.37. The first-order valence-electron chi connectivity index (χ1n) is 8.30. The van der Waals surface area contributed by atoms with E-state index in [9.17, 15) is 4.79 Å². The van der Waals surface area contributed by atoms with Crippen LogP contribution in [-0.2, 0) is 0 Å². The zero-order valence-electron chi connectivity index (χ0n) is 14.4. The third-order valence-electron chi connectivity index (χ3n) is 3.94. The van der Waals surface area contributed by atoms with Crippen molar-refractivity contribution in [1.29, 1.82) is 0 Å². The van der Waals surface area contributed by atoms with Gasteiger partial charge in [-0.2, -0.15) is 0 Å². The molecule has 3 N–H and O–H groups in total. The van der Waals surface area contributed by atoms with Gasteiger partial charge in [-0.25, -0.2) is 9.78 Å². The van der Waals surface area contributed by atoms with Gasteiger partial charge in [0.1, 0.15) is 5.75 Å². The van der Waals surface area contributed by atoms with Crippen LogP contribution in [-0.4, -0.2) is 29.2 Å². The first kappa shape index (κ1) is 16.8. The second-order valence-corrected chi connectivity index (χ2v) is 5.94. The van der Waals surface area contributed by atoms with Crippen LogP contribution < -0.4 is 15.4 Å². The maximum Gasteiger partial charge on any atom is 0.319 e. The molecule has 0 saturated heterocycles. The molecule has 0 fully saturated rings. The Morgan fingerprint density at radius 2 is 2.00 bits per heavy atom. The minimum Gasteiger partial charge on any atom is -0.493 e. The highest BCUT2D eigenvalue weighted by molar-refractivity contribution is 5.91. The number of amides is 2. The van der Waals surface area contributed by atoms with Crippen LogP contribution >= 0.6 is 0 Å². The number of nitrogens with zero attached hydrogens (tertiary/aromatic N) is 1. The van der Waals surface area contributed by atoms with Gasteiger partial charge in [0.05, 0.1) is 24.0 Å². The lowest BCUT2D eigenvalue weighted by Crippen LogP contribution is -2.30. The van der Waals surface area contributed by atoms with Gasteiger partial charge >= 0.3 is 6.03 Å². The summed E-state index contributed by atoms with van der Waals surface area (Å²) in [5.74, 6) is 0.930. The van der Waals surface area contributed by atoms with Gasteiger partial charge < -0.3 is 20.4 Å². The van der Waals surface area contributed by atoms with E-state index in [2.05, 4.69) is 20.6 Å². The number of ether oxygens (including phenoxy) is 1. The summed E-state index contributed by atoms with van der Waals surface area (Å²) in [6, 6.07) is 11.4.